The molecule has 2 atom stereocenters. The van der Waals surface area contributed by atoms with Gasteiger partial charge < -0.3 is 19.4 Å². The number of methoxy groups -OCH3 is 1. The first kappa shape index (κ1) is 22.5. The molecule has 31 heavy (non-hydrogen) atoms. The Labute approximate surface area is 179 Å². The first-order chi connectivity index (χ1) is 14.5. The van der Waals surface area contributed by atoms with E-state index in [1.807, 2.05) is 13.0 Å². The Morgan fingerprint density at radius 2 is 1.97 bits per heavy atom. The number of Topliss-reactive ketones (excluding diaryl/α,β-unsaturated/α-hetero) is 2. The van der Waals surface area contributed by atoms with Crippen LogP contribution in [-0.2, 0) is 9.53 Å². The number of ether oxygens (including phenoxy) is 1. The summed E-state index contributed by atoms with van der Waals surface area (Å²) >= 11 is 0. The highest BCUT2D eigenvalue weighted by Gasteiger charge is 2.47. The number of aromatic hydroxyl groups is 1. The number of fused-ring (bicyclic) bond motifs is 2. The predicted octanol–water partition coefficient (Wildman–Crippen LogP) is 3.84. The van der Waals surface area contributed by atoms with Crippen LogP contribution in [-0.4, -0.2) is 34.5 Å². The number of hydrogen-bond acceptors (Lipinski definition) is 7. The lowest BCUT2D eigenvalue weighted by atomic mass is 9.79. The molecule has 0 radical (unpaired) electrons. The van der Waals surface area contributed by atoms with Crippen molar-refractivity contribution in [3.63, 3.8) is 0 Å². The molecule has 7 heteroatoms. The summed E-state index contributed by atoms with van der Waals surface area (Å²) in [6.07, 6.45) is 3.81. The number of phenols is 1. The van der Waals surface area contributed by atoms with Gasteiger partial charge in [-0.05, 0) is 54.5 Å². The highest BCUT2D eigenvalue weighted by molar-refractivity contribution is 6.16. The van der Waals surface area contributed by atoms with Crippen LogP contribution in [0.3, 0.4) is 0 Å². The molecule has 0 saturated carbocycles. The molecule has 2 aromatic rings. The van der Waals surface area contributed by atoms with Crippen molar-refractivity contribution in [1.29, 1.82) is 0 Å². The normalized spacial score (nSPS) is 19.7. The van der Waals surface area contributed by atoms with Crippen LogP contribution < -0.4 is 5.63 Å². The molecule has 3 rings (SSSR count). The average Bonchev–Trinajstić information content (AvgIpc) is 2.69. The highest BCUT2D eigenvalue weighted by Crippen LogP contribution is 2.41. The number of allylic oxidation sites excluding steroid dienone is 2. The maximum absolute atomic E-state index is 13.1. The van der Waals surface area contributed by atoms with E-state index in [1.165, 1.54) is 20.1 Å². The molecular weight excluding hydrogens is 400 g/mol. The van der Waals surface area contributed by atoms with Crippen LogP contribution in [0.25, 0.3) is 22.4 Å². The fourth-order valence-corrected chi connectivity index (χ4v) is 3.87. The minimum Gasteiger partial charge on any atom is -0.506 e. The van der Waals surface area contributed by atoms with Gasteiger partial charge in [0.25, 0.3) is 0 Å². The summed E-state index contributed by atoms with van der Waals surface area (Å²) in [7, 11) is 1.28. The number of rotatable bonds is 6. The van der Waals surface area contributed by atoms with Gasteiger partial charge in [0.05, 0.1) is 12.7 Å². The van der Waals surface area contributed by atoms with E-state index in [0.29, 0.717) is 17.1 Å². The monoisotopic (exact) mass is 426 g/mol. The molecule has 1 heterocycles. The van der Waals surface area contributed by atoms with Crippen molar-refractivity contribution < 1.29 is 29.0 Å². The zero-order chi connectivity index (χ0) is 23.1. The Bertz CT molecular complexity index is 1200. The second kappa shape index (κ2) is 8.15. The molecule has 0 amide bonds. The summed E-state index contributed by atoms with van der Waals surface area (Å²) < 4.78 is 10.6. The quantitative estimate of drug-likeness (QED) is 0.721. The van der Waals surface area contributed by atoms with Crippen LogP contribution >= 0.6 is 0 Å². The van der Waals surface area contributed by atoms with Crippen LogP contribution in [0.1, 0.15) is 62.2 Å². The number of benzene rings is 1. The summed E-state index contributed by atoms with van der Waals surface area (Å²) in [6.45, 7) is 7.18. The second-order valence-corrected chi connectivity index (χ2v) is 8.07. The molecule has 2 N–H and O–H groups in total. The van der Waals surface area contributed by atoms with Crippen molar-refractivity contribution in [3.05, 3.63) is 51.3 Å². The van der Waals surface area contributed by atoms with Crippen LogP contribution in [0, 0.1) is 5.92 Å². The smallest absolute Gasteiger partial charge is 0.347 e. The molecule has 0 unspecified atom stereocenters. The number of carbonyl (C=O) groups excluding carboxylic acids is 2. The standard InChI is InChI=1S/C24H26O7/c1-6-12(2)7-13(3)17-9-15-8-16-10-18(30-5)24(29,11-14(4)25)22(27)19(16)21(26)20(15)23(28)31-17/h7-10,12,26,29H,6,11H2,1-5H3/b13-7+/t12-,24-/m0/s1. The average molecular weight is 426 g/mol. The summed E-state index contributed by atoms with van der Waals surface area (Å²) in [5.74, 6) is -1.38. The number of carbonyl (C=O) groups is 2. The van der Waals surface area contributed by atoms with E-state index in [-0.39, 0.29) is 22.3 Å². The van der Waals surface area contributed by atoms with Gasteiger partial charge in [-0.25, -0.2) is 4.79 Å². The van der Waals surface area contributed by atoms with Gasteiger partial charge >= 0.3 is 5.63 Å². The molecule has 0 bridgehead atoms. The third-order valence-electron chi connectivity index (χ3n) is 5.64. The van der Waals surface area contributed by atoms with Gasteiger partial charge in [-0.15, -0.1) is 0 Å². The first-order valence-corrected chi connectivity index (χ1v) is 10.1. The summed E-state index contributed by atoms with van der Waals surface area (Å²) in [5.41, 5.74) is -2.24. The second-order valence-electron chi connectivity index (χ2n) is 8.07. The third-order valence-corrected chi connectivity index (χ3v) is 5.64. The van der Waals surface area contributed by atoms with Gasteiger partial charge in [-0.1, -0.05) is 26.3 Å². The van der Waals surface area contributed by atoms with Crippen molar-refractivity contribution in [2.24, 2.45) is 5.92 Å². The number of phenolic OH excluding ortho intramolecular Hbond substituents is 1. The van der Waals surface area contributed by atoms with E-state index >= 15 is 0 Å². The molecular formula is C24H26O7. The molecule has 0 saturated heterocycles. The topological polar surface area (TPSA) is 114 Å². The summed E-state index contributed by atoms with van der Waals surface area (Å²) in [6, 6.07) is 3.19. The maximum Gasteiger partial charge on any atom is 0.347 e. The summed E-state index contributed by atoms with van der Waals surface area (Å²) in [5, 5.41) is 22.0. The zero-order valence-electron chi connectivity index (χ0n) is 18.2. The van der Waals surface area contributed by atoms with E-state index in [4.69, 9.17) is 9.15 Å². The first-order valence-electron chi connectivity index (χ1n) is 10.1. The minimum atomic E-state index is -2.26. The van der Waals surface area contributed by atoms with Crippen LogP contribution in [0.15, 0.2) is 33.2 Å². The van der Waals surface area contributed by atoms with Crippen molar-refractivity contribution >= 4 is 34.0 Å². The van der Waals surface area contributed by atoms with Crippen molar-refractivity contribution in [3.8, 4) is 5.75 Å². The van der Waals surface area contributed by atoms with Crippen molar-refractivity contribution in [2.75, 3.05) is 7.11 Å². The van der Waals surface area contributed by atoms with E-state index in [2.05, 4.69) is 13.8 Å². The van der Waals surface area contributed by atoms with Gasteiger partial charge in [0.1, 0.15) is 28.4 Å². The fraction of sp³-hybridized carbons (Fsp3) is 0.375. The lowest BCUT2D eigenvalue weighted by Gasteiger charge is -2.31. The molecule has 1 aliphatic rings. The Morgan fingerprint density at radius 1 is 1.29 bits per heavy atom. The van der Waals surface area contributed by atoms with Gasteiger partial charge in [-0.3, -0.25) is 9.59 Å². The Hall–Kier alpha value is -3.19. The number of ketones is 2. The molecule has 7 nitrogen and oxygen atoms in total. The molecule has 164 valence electrons. The van der Waals surface area contributed by atoms with Crippen molar-refractivity contribution in [1.82, 2.24) is 0 Å². The van der Waals surface area contributed by atoms with Gasteiger partial charge in [-0.2, -0.15) is 0 Å². The fourth-order valence-electron chi connectivity index (χ4n) is 3.87. The molecule has 0 aliphatic heterocycles. The number of aliphatic hydroxyl groups is 1. The van der Waals surface area contributed by atoms with E-state index in [9.17, 15) is 24.6 Å². The Morgan fingerprint density at radius 3 is 2.55 bits per heavy atom. The summed E-state index contributed by atoms with van der Waals surface area (Å²) in [4.78, 5) is 37.5. The lowest BCUT2D eigenvalue weighted by Crippen LogP contribution is -2.45. The van der Waals surface area contributed by atoms with Crippen LogP contribution in [0.2, 0.25) is 0 Å². The zero-order valence-corrected chi connectivity index (χ0v) is 18.2. The molecule has 0 fully saturated rings. The van der Waals surface area contributed by atoms with Crippen molar-refractivity contribution in [2.45, 2.75) is 46.1 Å². The van der Waals surface area contributed by atoms with Gasteiger partial charge in [0.15, 0.2) is 5.60 Å². The maximum atomic E-state index is 13.1. The van der Waals surface area contributed by atoms with Gasteiger partial charge in [0.2, 0.25) is 5.78 Å². The van der Waals surface area contributed by atoms with Crippen LogP contribution in [0.5, 0.6) is 5.75 Å². The Balaban J connectivity index is 2.28. The Kier molecular flexibility index (Phi) is 5.91. The van der Waals surface area contributed by atoms with Crippen LogP contribution in [0.4, 0.5) is 0 Å². The molecule has 1 aromatic heterocycles. The third kappa shape index (κ3) is 3.81. The SMILES string of the molecule is CC[C@H](C)/C=C(\C)c1cc2cc3c(c(O)c2c(=O)o1)C(=O)[C@](O)(CC(C)=O)C(OC)=C3. The van der Waals surface area contributed by atoms with E-state index in [1.54, 1.807) is 12.1 Å². The molecule has 1 aromatic carbocycles. The minimum absolute atomic E-state index is 0.102. The predicted molar refractivity (Wildman–Crippen MR) is 117 cm³/mol. The molecule has 1 aliphatic carbocycles. The van der Waals surface area contributed by atoms with E-state index in [0.717, 1.165) is 12.0 Å². The highest BCUT2D eigenvalue weighted by atomic mass is 16.5. The largest absolute Gasteiger partial charge is 0.506 e. The number of hydrogen-bond donors (Lipinski definition) is 2. The molecule has 0 spiro atoms. The lowest BCUT2D eigenvalue weighted by molar-refractivity contribution is -0.120. The van der Waals surface area contributed by atoms with E-state index < -0.39 is 35.0 Å². The van der Waals surface area contributed by atoms with Gasteiger partial charge in [0, 0.05) is 6.42 Å².